The molecule has 1 unspecified atom stereocenters. The van der Waals surface area contributed by atoms with Crippen LogP contribution in [0.2, 0.25) is 0 Å². The van der Waals surface area contributed by atoms with Crippen LogP contribution in [-0.4, -0.2) is 38.2 Å². The molecule has 1 aliphatic heterocycles. The van der Waals surface area contributed by atoms with Crippen LogP contribution in [0.1, 0.15) is 52.8 Å². The van der Waals surface area contributed by atoms with Crippen LogP contribution >= 0.6 is 11.3 Å². The Balaban J connectivity index is 1.27. The molecule has 4 aromatic rings. The zero-order chi connectivity index (χ0) is 22.8. The Bertz CT molecular complexity index is 1250. The van der Waals surface area contributed by atoms with E-state index in [-0.39, 0.29) is 11.9 Å². The zero-order valence-corrected chi connectivity index (χ0v) is 20.0. The molecule has 8 heteroatoms. The third-order valence-corrected chi connectivity index (χ3v) is 7.35. The molecular weight excluding hydrogens is 432 g/mol. The summed E-state index contributed by atoms with van der Waals surface area (Å²) in [6.07, 6.45) is 7.76. The number of H-pyrrole nitrogens is 1. The third-order valence-electron chi connectivity index (χ3n) is 6.29. The summed E-state index contributed by atoms with van der Waals surface area (Å²) < 4.78 is 2.07. The lowest BCUT2D eigenvalue weighted by atomic mass is 10.0. The molecule has 172 valence electrons. The predicted molar refractivity (Wildman–Crippen MR) is 133 cm³/mol. The van der Waals surface area contributed by atoms with E-state index >= 15 is 0 Å². The quantitative estimate of drug-likeness (QED) is 0.398. The number of aryl methyl sites for hydroxylation is 1. The molecule has 1 aromatic carbocycles. The predicted octanol–water partition coefficient (Wildman–Crippen LogP) is 4.68. The molecule has 0 spiro atoms. The van der Waals surface area contributed by atoms with Crippen molar-refractivity contribution < 1.29 is 4.79 Å². The molecule has 3 aromatic heterocycles. The van der Waals surface area contributed by atoms with Gasteiger partial charge in [0.25, 0.3) is 5.91 Å². The molecule has 1 aliphatic rings. The van der Waals surface area contributed by atoms with E-state index < -0.39 is 0 Å². The van der Waals surface area contributed by atoms with E-state index in [0.29, 0.717) is 4.88 Å². The van der Waals surface area contributed by atoms with Gasteiger partial charge in [-0.15, -0.1) is 0 Å². The molecule has 0 saturated heterocycles. The Labute approximate surface area is 197 Å². The highest BCUT2D eigenvalue weighted by Crippen LogP contribution is 2.27. The summed E-state index contributed by atoms with van der Waals surface area (Å²) in [7, 11) is 0. The Kier molecular flexibility index (Phi) is 6.17. The van der Waals surface area contributed by atoms with Gasteiger partial charge in [-0.2, -0.15) is 5.10 Å². The molecule has 7 nitrogen and oxygen atoms in total. The van der Waals surface area contributed by atoms with Crippen LogP contribution < -0.4 is 10.2 Å². The second-order valence-corrected chi connectivity index (χ2v) is 9.81. The van der Waals surface area contributed by atoms with Crippen molar-refractivity contribution in [3.8, 4) is 0 Å². The van der Waals surface area contributed by atoms with Crippen LogP contribution in [0.15, 0.2) is 42.7 Å². The molecule has 0 radical (unpaired) electrons. The number of nitrogens with one attached hydrogen (secondary N) is 2. The van der Waals surface area contributed by atoms with Crippen LogP contribution in [-0.2, 0) is 19.5 Å². The molecule has 5 rings (SSSR count). The lowest BCUT2D eigenvalue weighted by Gasteiger charge is -2.27. The number of fused-ring (bicyclic) bond motifs is 2. The van der Waals surface area contributed by atoms with E-state index in [1.807, 2.05) is 13.0 Å². The fourth-order valence-electron chi connectivity index (χ4n) is 4.59. The molecule has 1 atom stereocenters. The fourth-order valence-corrected chi connectivity index (χ4v) is 5.43. The van der Waals surface area contributed by atoms with Gasteiger partial charge in [0.05, 0.1) is 30.7 Å². The van der Waals surface area contributed by atoms with Crippen molar-refractivity contribution in [1.29, 1.82) is 0 Å². The van der Waals surface area contributed by atoms with Crippen molar-refractivity contribution >= 4 is 33.3 Å². The van der Waals surface area contributed by atoms with Crippen molar-refractivity contribution in [3.05, 3.63) is 64.6 Å². The molecule has 4 heterocycles. The van der Waals surface area contributed by atoms with Gasteiger partial charge in [0.15, 0.2) is 5.13 Å². The lowest BCUT2D eigenvalue weighted by molar-refractivity contribution is 0.0938. The number of aromatic nitrogens is 4. The van der Waals surface area contributed by atoms with Gasteiger partial charge >= 0.3 is 0 Å². The number of amides is 1. The van der Waals surface area contributed by atoms with E-state index in [1.54, 1.807) is 6.20 Å². The summed E-state index contributed by atoms with van der Waals surface area (Å²) >= 11 is 1.47. The Morgan fingerprint density at radius 1 is 1.30 bits per heavy atom. The van der Waals surface area contributed by atoms with Crippen molar-refractivity contribution in [1.82, 2.24) is 25.1 Å². The van der Waals surface area contributed by atoms with Gasteiger partial charge < -0.3 is 15.2 Å². The average molecular weight is 463 g/mol. The number of rotatable bonds is 8. The first-order valence-electron chi connectivity index (χ1n) is 11.7. The summed E-state index contributed by atoms with van der Waals surface area (Å²) in [5.41, 5.74) is 4.62. The number of para-hydroxylation sites is 1. The van der Waals surface area contributed by atoms with Gasteiger partial charge in [0, 0.05) is 29.7 Å². The van der Waals surface area contributed by atoms with Gasteiger partial charge in [-0.05, 0) is 37.5 Å². The van der Waals surface area contributed by atoms with Gasteiger partial charge in [-0.25, -0.2) is 4.98 Å². The lowest BCUT2D eigenvalue weighted by Crippen LogP contribution is -2.36. The average Bonchev–Trinajstić information content (AvgIpc) is 3.55. The maximum Gasteiger partial charge on any atom is 0.263 e. The second-order valence-electron chi connectivity index (χ2n) is 8.81. The highest BCUT2D eigenvalue weighted by molar-refractivity contribution is 7.17. The van der Waals surface area contributed by atoms with Gasteiger partial charge in [-0.3, -0.25) is 9.48 Å². The number of hydrogen-bond donors (Lipinski definition) is 2. The highest BCUT2D eigenvalue weighted by Gasteiger charge is 2.23. The molecular formula is C25H30N6OS. The first-order chi connectivity index (χ1) is 16.1. The summed E-state index contributed by atoms with van der Waals surface area (Å²) in [4.78, 5) is 24.0. The SMILES string of the molecule is CCCCC(Cc1c[nH]c2ccccc12)NC(=O)c1cnc(N2CCn3nc(C)cc3C2)s1. The number of nitrogens with zero attached hydrogens (tertiary/aromatic N) is 4. The number of hydrogen-bond acceptors (Lipinski definition) is 5. The largest absolute Gasteiger partial charge is 0.361 e. The minimum Gasteiger partial charge on any atom is -0.361 e. The van der Waals surface area contributed by atoms with E-state index in [1.165, 1.54) is 28.0 Å². The number of unbranched alkanes of at least 4 members (excludes halogenated alkanes) is 1. The van der Waals surface area contributed by atoms with Crippen molar-refractivity contribution in [2.75, 3.05) is 11.4 Å². The smallest absolute Gasteiger partial charge is 0.263 e. The highest BCUT2D eigenvalue weighted by atomic mass is 32.1. The topological polar surface area (TPSA) is 78.8 Å². The van der Waals surface area contributed by atoms with Gasteiger partial charge in [-0.1, -0.05) is 49.3 Å². The number of aromatic amines is 1. The van der Waals surface area contributed by atoms with Crippen molar-refractivity contribution in [2.24, 2.45) is 0 Å². The van der Waals surface area contributed by atoms with Crippen molar-refractivity contribution in [3.63, 3.8) is 0 Å². The summed E-state index contributed by atoms with van der Waals surface area (Å²) in [5.74, 6) is -0.0300. The summed E-state index contributed by atoms with van der Waals surface area (Å²) in [6.45, 7) is 6.67. The third kappa shape index (κ3) is 4.66. The van der Waals surface area contributed by atoms with Crippen LogP contribution in [0.25, 0.3) is 10.9 Å². The fraction of sp³-hybridized carbons (Fsp3) is 0.400. The summed E-state index contributed by atoms with van der Waals surface area (Å²) in [6, 6.07) is 10.5. The van der Waals surface area contributed by atoms with Crippen molar-refractivity contribution in [2.45, 2.75) is 58.7 Å². The number of benzene rings is 1. The van der Waals surface area contributed by atoms with E-state index in [9.17, 15) is 4.79 Å². The zero-order valence-electron chi connectivity index (χ0n) is 19.2. The normalized spacial score (nSPS) is 14.4. The Hall–Kier alpha value is -3.13. The van der Waals surface area contributed by atoms with Gasteiger partial charge in [0.2, 0.25) is 0 Å². The van der Waals surface area contributed by atoms with E-state index in [2.05, 4.69) is 67.4 Å². The number of carbonyl (C=O) groups excluding carboxylic acids is 1. The molecule has 0 saturated carbocycles. The maximum absolute atomic E-state index is 13.1. The first-order valence-corrected chi connectivity index (χ1v) is 12.5. The molecule has 0 aliphatic carbocycles. The molecule has 0 fully saturated rings. The van der Waals surface area contributed by atoms with Crippen LogP contribution in [0, 0.1) is 6.92 Å². The first kappa shape index (κ1) is 21.7. The second kappa shape index (κ2) is 9.39. The van der Waals surface area contributed by atoms with Crippen LogP contribution in [0.3, 0.4) is 0 Å². The number of thiazole rings is 1. The monoisotopic (exact) mass is 462 g/mol. The van der Waals surface area contributed by atoms with Crippen LogP contribution in [0.5, 0.6) is 0 Å². The minimum atomic E-state index is -0.0300. The summed E-state index contributed by atoms with van der Waals surface area (Å²) in [5, 5.41) is 9.94. The minimum absolute atomic E-state index is 0.0300. The van der Waals surface area contributed by atoms with E-state index in [0.717, 1.165) is 61.7 Å². The molecule has 33 heavy (non-hydrogen) atoms. The van der Waals surface area contributed by atoms with E-state index in [4.69, 9.17) is 0 Å². The number of carbonyl (C=O) groups is 1. The van der Waals surface area contributed by atoms with Gasteiger partial charge in [0.1, 0.15) is 4.88 Å². The standard InChI is InChI=1S/C25H30N6OS/c1-3-4-7-19(13-18-14-26-22-9-6-5-8-21(18)22)28-24(32)23-15-27-25(33-23)30-10-11-31-20(16-30)12-17(2)29-31/h5-6,8-9,12,14-15,19,26H,3-4,7,10-11,13,16H2,1-2H3,(H,28,32). The molecule has 2 N–H and O–H groups in total. The Morgan fingerprint density at radius 2 is 2.18 bits per heavy atom. The molecule has 0 bridgehead atoms. The van der Waals surface area contributed by atoms with Crippen LogP contribution in [0.4, 0.5) is 5.13 Å². The maximum atomic E-state index is 13.1. The number of anilines is 1. The Morgan fingerprint density at radius 3 is 3.06 bits per heavy atom. The molecule has 1 amide bonds.